The molecule has 0 saturated carbocycles. The van der Waals surface area contributed by atoms with E-state index in [-0.39, 0.29) is 12.5 Å². The van der Waals surface area contributed by atoms with Crippen LogP contribution in [-0.4, -0.2) is 16.0 Å². The Morgan fingerprint density at radius 1 is 1.56 bits per heavy atom. The average molecular weight is 378 g/mol. The summed E-state index contributed by atoms with van der Waals surface area (Å²) in [5, 5.41) is 6.87. The molecule has 0 bridgehead atoms. The van der Waals surface area contributed by atoms with E-state index in [1.54, 1.807) is 25.1 Å². The Hall–Kier alpha value is -1.15. The van der Waals surface area contributed by atoms with Crippen LogP contribution >= 0.6 is 34.2 Å². The molecule has 2 aromatic rings. The molecule has 1 heterocycles. The molecule has 1 N–H and O–H groups in total. The maximum atomic E-state index is 11.8. The van der Waals surface area contributed by atoms with Gasteiger partial charge in [0.2, 0.25) is 5.89 Å². The first-order valence-corrected chi connectivity index (χ1v) is 6.54. The topological polar surface area (TPSA) is 68.0 Å². The van der Waals surface area contributed by atoms with E-state index in [0.717, 1.165) is 3.57 Å². The summed E-state index contributed by atoms with van der Waals surface area (Å²) in [4.78, 5) is 15.8. The summed E-state index contributed by atoms with van der Waals surface area (Å²) in [6.45, 7) is 1.91. The van der Waals surface area contributed by atoms with Crippen molar-refractivity contribution in [2.45, 2.75) is 13.5 Å². The molecule has 0 saturated heterocycles. The third kappa shape index (κ3) is 3.20. The summed E-state index contributed by atoms with van der Waals surface area (Å²) >= 11 is 8.05. The third-order valence-electron chi connectivity index (χ3n) is 2.15. The lowest BCUT2D eigenvalue weighted by Crippen LogP contribution is -2.23. The number of carbonyl (C=O) groups excluding carboxylic acids is 1. The van der Waals surface area contributed by atoms with E-state index >= 15 is 0 Å². The van der Waals surface area contributed by atoms with Crippen molar-refractivity contribution in [3.05, 3.63) is 44.1 Å². The number of halogens is 2. The van der Waals surface area contributed by atoms with Crippen molar-refractivity contribution < 1.29 is 9.32 Å². The summed E-state index contributed by atoms with van der Waals surface area (Å²) in [5.41, 5.74) is 0.497. The van der Waals surface area contributed by atoms with E-state index < -0.39 is 0 Å². The zero-order valence-corrected chi connectivity index (χ0v) is 12.3. The van der Waals surface area contributed by atoms with E-state index in [2.05, 4.69) is 38.0 Å². The minimum atomic E-state index is -0.232. The lowest BCUT2D eigenvalue weighted by molar-refractivity contribution is 0.0946. The van der Waals surface area contributed by atoms with Gasteiger partial charge in [0, 0.05) is 9.13 Å². The Kier molecular flexibility index (Phi) is 4.18. The van der Waals surface area contributed by atoms with Crippen molar-refractivity contribution >= 4 is 40.1 Å². The Labute approximate surface area is 122 Å². The molecule has 0 fully saturated rings. The van der Waals surface area contributed by atoms with Crippen LogP contribution in [0.5, 0.6) is 0 Å². The van der Waals surface area contributed by atoms with Crippen LogP contribution < -0.4 is 5.32 Å². The molecular formula is C11H9ClIN3O2. The number of aromatic nitrogens is 2. The maximum Gasteiger partial charge on any atom is 0.251 e. The van der Waals surface area contributed by atoms with Gasteiger partial charge in [0.15, 0.2) is 5.82 Å². The van der Waals surface area contributed by atoms with Gasteiger partial charge in [-0.15, -0.1) is 0 Å². The van der Waals surface area contributed by atoms with Gasteiger partial charge in [-0.2, -0.15) is 4.98 Å². The molecule has 0 atom stereocenters. The molecule has 7 heteroatoms. The largest absolute Gasteiger partial charge is 0.343 e. The number of nitrogens with one attached hydrogen (secondary N) is 1. The van der Waals surface area contributed by atoms with E-state index in [4.69, 9.17) is 16.1 Å². The number of carbonyl (C=O) groups is 1. The highest BCUT2D eigenvalue weighted by Crippen LogP contribution is 2.19. The van der Waals surface area contributed by atoms with Crippen LogP contribution in [0.3, 0.4) is 0 Å². The molecule has 94 valence electrons. The second kappa shape index (κ2) is 5.66. The van der Waals surface area contributed by atoms with Crippen molar-refractivity contribution in [2.75, 3.05) is 0 Å². The number of hydrogen-bond acceptors (Lipinski definition) is 4. The van der Waals surface area contributed by atoms with E-state index in [1.807, 2.05) is 0 Å². The maximum absolute atomic E-state index is 11.8. The number of hydrogen-bond donors (Lipinski definition) is 1. The molecule has 18 heavy (non-hydrogen) atoms. The molecule has 0 aliphatic heterocycles. The Balaban J connectivity index is 2.01. The molecule has 0 aliphatic carbocycles. The molecule has 0 aliphatic rings. The molecular weight excluding hydrogens is 368 g/mol. The second-order valence-corrected chi connectivity index (χ2v) is 5.12. The monoisotopic (exact) mass is 377 g/mol. The second-order valence-electron chi connectivity index (χ2n) is 3.55. The summed E-state index contributed by atoms with van der Waals surface area (Å²) in [6.07, 6.45) is 0. The van der Waals surface area contributed by atoms with Gasteiger partial charge in [-0.3, -0.25) is 4.79 Å². The number of aryl methyl sites for hydroxylation is 1. The van der Waals surface area contributed by atoms with E-state index in [0.29, 0.717) is 22.3 Å². The lowest BCUT2D eigenvalue weighted by atomic mass is 10.2. The molecule has 1 aromatic carbocycles. The van der Waals surface area contributed by atoms with Gasteiger partial charge in [-0.05, 0) is 47.7 Å². The minimum Gasteiger partial charge on any atom is -0.343 e. The van der Waals surface area contributed by atoms with Gasteiger partial charge in [0.25, 0.3) is 5.91 Å². The van der Waals surface area contributed by atoms with E-state index in [9.17, 15) is 4.79 Å². The highest BCUT2D eigenvalue weighted by atomic mass is 127. The van der Waals surface area contributed by atoms with Gasteiger partial charge >= 0.3 is 0 Å². The smallest absolute Gasteiger partial charge is 0.251 e. The summed E-state index contributed by atoms with van der Waals surface area (Å²) < 4.78 is 5.79. The van der Waals surface area contributed by atoms with Crippen LogP contribution in [0, 0.1) is 10.5 Å². The Morgan fingerprint density at radius 2 is 2.33 bits per heavy atom. The fourth-order valence-corrected chi connectivity index (χ4v) is 1.82. The van der Waals surface area contributed by atoms with Crippen molar-refractivity contribution in [2.24, 2.45) is 0 Å². The van der Waals surface area contributed by atoms with Crippen LogP contribution in [0.15, 0.2) is 22.7 Å². The fourth-order valence-electron chi connectivity index (χ4n) is 1.31. The minimum absolute atomic E-state index is 0.198. The fraction of sp³-hybridized carbons (Fsp3) is 0.182. The third-order valence-corrected chi connectivity index (χ3v) is 3.72. The molecule has 1 amide bonds. The van der Waals surface area contributed by atoms with Crippen LogP contribution in [-0.2, 0) is 6.54 Å². The van der Waals surface area contributed by atoms with Gasteiger partial charge in [-0.25, -0.2) is 0 Å². The Morgan fingerprint density at radius 3 is 2.94 bits per heavy atom. The molecule has 2 rings (SSSR count). The normalized spacial score (nSPS) is 10.4. The molecule has 0 spiro atoms. The molecule has 1 aromatic heterocycles. The highest BCUT2D eigenvalue weighted by molar-refractivity contribution is 14.1. The zero-order chi connectivity index (χ0) is 13.1. The van der Waals surface area contributed by atoms with Crippen molar-refractivity contribution in [3.8, 4) is 0 Å². The van der Waals surface area contributed by atoms with Gasteiger partial charge in [0.1, 0.15) is 0 Å². The van der Waals surface area contributed by atoms with Gasteiger partial charge in [-0.1, -0.05) is 16.8 Å². The predicted octanol–water partition coefficient (Wildman–Crippen LogP) is 2.57. The highest BCUT2D eigenvalue weighted by Gasteiger charge is 2.09. The number of rotatable bonds is 3. The number of benzene rings is 1. The van der Waals surface area contributed by atoms with Gasteiger partial charge in [0.05, 0.1) is 11.6 Å². The Bertz CT molecular complexity index is 585. The number of nitrogens with zero attached hydrogens (tertiary/aromatic N) is 2. The summed E-state index contributed by atoms with van der Waals surface area (Å²) in [7, 11) is 0. The standard InChI is InChI=1S/C11H9ClIN3O2/c1-6-15-10(18-16-6)5-14-11(17)7-2-3-9(13)8(12)4-7/h2-4H,5H2,1H3,(H,14,17). The quantitative estimate of drug-likeness (QED) is 0.835. The first kappa shape index (κ1) is 13.3. The van der Waals surface area contributed by atoms with E-state index in [1.165, 1.54) is 0 Å². The van der Waals surface area contributed by atoms with Gasteiger partial charge < -0.3 is 9.84 Å². The van der Waals surface area contributed by atoms with Crippen molar-refractivity contribution in [3.63, 3.8) is 0 Å². The predicted molar refractivity (Wildman–Crippen MR) is 74.4 cm³/mol. The summed E-state index contributed by atoms with van der Waals surface area (Å²) in [6, 6.07) is 5.12. The van der Waals surface area contributed by atoms with Crippen molar-refractivity contribution in [1.29, 1.82) is 0 Å². The van der Waals surface area contributed by atoms with Crippen LogP contribution in [0.2, 0.25) is 5.02 Å². The van der Waals surface area contributed by atoms with Crippen LogP contribution in [0.25, 0.3) is 0 Å². The first-order valence-electron chi connectivity index (χ1n) is 5.08. The molecule has 0 radical (unpaired) electrons. The SMILES string of the molecule is Cc1noc(CNC(=O)c2ccc(I)c(Cl)c2)n1. The number of amides is 1. The zero-order valence-electron chi connectivity index (χ0n) is 9.41. The van der Waals surface area contributed by atoms with Crippen LogP contribution in [0.4, 0.5) is 0 Å². The molecule has 5 nitrogen and oxygen atoms in total. The average Bonchev–Trinajstić information content (AvgIpc) is 2.75. The molecule has 0 unspecified atom stereocenters. The van der Waals surface area contributed by atoms with Crippen molar-refractivity contribution in [1.82, 2.24) is 15.5 Å². The van der Waals surface area contributed by atoms with Crippen LogP contribution in [0.1, 0.15) is 22.1 Å². The summed E-state index contributed by atoms with van der Waals surface area (Å²) in [5.74, 6) is 0.679. The first-order chi connectivity index (χ1) is 8.56. The lowest BCUT2D eigenvalue weighted by Gasteiger charge is -2.03.